The third kappa shape index (κ3) is 4.24. The second kappa shape index (κ2) is 7.48. The van der Waals surface area contributed by atoms with Crippen LogP contribution in [-0.2, 0) is 14.8 Å². The highest BCUT2D eigenvalue weighted by molar-refractivity contribution is 7.89. The number of anilines is 1. The van der Waals surface area contributed by atoms with Gasteiger partial charge in [0.1, 0.15) is 10.7 Å². The molecule has 5 nitrogen and oxygen atoms in total. The second-order valence-electron chi connectivity index (χ2n) is 4.87. The molecule has 24 heavy (non-hydrogen) atoms. The average molecular weight is 391 g/mol. The minimum Gasteiger partial charge on any atom is -0.325 e. The maximum absolute atomic E-state index is 12.8. The Morgan fingerprint density at radius 2 is 1.79 bits per heavy atom. The van der Waals surface area contributed by atoms with Crippen LogP contribution in [0.1, 0.15) is 0 Å². The van der Waals surface area contributed by atoms with E-state index in [1.54, 1.807) is 0 Å². The average Bonchev–Trinajstić information content (AvgIpc) is 2.52. The zero-order valence-corrected chi connectivity index (χ0v) is 14.8. The molecule has 0 saturated carbocycles. The fraction of sp³-hybridized carbons (Fsp3) is 0.133. The first-order valence-corrected chi connectivity index (χ1v) is 8.87. The number of rotatable bonds is 5. The molecule has 2 aromatic rings. The number of sulfonamides is 1. The van der Waals surface area contributed by atoms with Gasteiger partial charge in [0.25, 0.3) is 0 Å². The normalized spacial score (nSPS) is 11.5. The van der Waals surface area contributed by atoms with Gasteiger partial charge in [0, 0.05) is 12.7 Å². The lowest BCUT2D eigenvalue weighted by Gasteiger charge is -2.18. The van der Waals surface area contributed by atoms with E-state index in [1.807, 2.05) is 0 Å². The second-order valence-corrected chi connectivity index (χ2v) is 7.67. The van der Waals surface area contributed by atoms with Crippen molar-refractivity contribution in [3.05, 3.63) is 58.3 Å². The van der Waals surface area contributed by atoms with Crippen molar-refractivity contribution in [3.63, 3.8) is 0 Å². The molecule has 0 fully saturated rings. The lowest BCUT2D eigenvalue weighted by atomic mass is 10.3. The lowest BCUT2D eigenvalue weighted by Crippen LogP contribution is -2.35. The summed E-state index contributed by atoms with van der Waals surface area (Å²) in [5.74, 6) is -1.02. The summed E-state index contributed by atoms with van der Waals surface area (Å²) in [6.45, 7) is -0.442. The molecule has 2 rings (SSSR count). The lowest BCUT2D eigenvalue weighted by molar-refractivity contribution is -0.116. The number of carbonyl (C=O) groups is 1. The van der Waals surface area contributed by atoms with Gasteiger partial charge in [-0.1, -0.05) is 29.3 Å². The summed E-state index contributed by atoms with van der Waals surface area (Å²) in [7, 11) is -2.74. The van der Waals surface area contributed by atoms with Gasteiger partial charge in [0.05, 0.1) is 16.6 Å². The highest BCUT2D eigenvalue weighted by Crippen LogP contribution is 2.30. The Hall–Kier alpha value is -1.67. The molecule has 0 aromatic heterocycles. The van der Waals surface area contributed by atoms with Crippen LogP contribution in [0.5, 0.6) is 0 Å². The maximum atomic E-state index is 12.8. The number of nitrogens with zero attached hydrogens (tertiary/aromatic N) is 1. The Kier molecular flexibility index (Phi) is 5.82. The van der Waals surface area contributed by atoms with Crippen LogP contribution in [0.2, 0.25) is 10.0 Å². The molecule has 0 saturated heterocycles. The summed E-state index contributed by atoms with van der Waals surface area (Å²) < 4.78 is 38.7. The third-order valence-electron chi connectivity index (χ3n) is 3.10. The molecule has 0 radical (unpaired) electrons. The molecule has 0 aliphatic rings. The van der Waals surface area contributed by atoms with Crippen molar-refractivity contribution in [1.82, 2.24) is 4.31 Å². The van der Waals surface area contributed by atoms with Crippen LogP contribution in [0.3, 0.4) is 0 Å². The predicted molar refractivity (Wildman–Crippen MR) is 91.3 cm³/mol. The summed E-state index contributed by atoms with van der Waals surface area (Å²) in [6.07, 6.45) is 0. The first-order valence-electron chi connectivity index (χ1n) is 6.67. The van der Waals surface area contributed by atoms with Gasteiger partial charge >= 0.3 is 0 Å². The van der Waals surface area contributed by atoms with E-state index in [-0.39, 0.29) is 14.9 Å². The first kappa shape index (κ1) is 18.7. The zero-order valence-electron chi connectivity index (χ0n) is 12.5. The van der Waals surface area contributed by atoms with E-state index < -0.39 is 28.3 Å². The molecule has 0 unspecified atom stereocenters. The Morgan fingerprint density at radius 1 is 1.17 bits per heavy atom. The van der Waals surface area contributed by atoms with Crippen molar-refractivity contribution in [1.29, 1.82) is 0 Å². The molecule has 1 amide bonds. The summed E-state index contributed by atoms with van der Waals surface area (Å²) in [6, 6.07) is 9.32. The predicted octanol–water partition coefficient (Wildman–Crippen LogP) is 3.39. The molecule has 0 spiro atoms. The Bertz CT molecular complexity index is 858. The van der Waals surface area contributed by atoms with Crippen molar-refractivity contribution in [2.75, 3.05) is 18.9 Å². The maximum Gasteiger partial charge on any atom is 0.244 e. The van der Waals surface area contributed by atoms with Crippen LogP contribution < -0.4 is 5.32 Å². The number of amides is 1. The number of hydrogen-bond acceptors (Lipinski definition) is 3. The molecule has 0 aliphatic carbocycles. The number of hydrogen-bond donors (Lipinski definition) is 1. The number of carbonyl (C=O) groups excluding carboxylic acids is 1. The van der Waals surface area contributed by atoms with Gasteiger partial charge in [0.15, 0.2) is 0 Å². The van der Waals surface area contributed by atoms with E-state index >= 15 is 0 Å². The molecule has 2 aromatic carbocycles. The molecule has 9 heteroatoms. The van der Waals surface area contributed by atoms with E-state index in [9.17, 15) is 17.6 Å². The molecule has 0 heterocycles. The topological polar surface area (TPSA) is 66.5 Å². The van der Waals surface area contributed by atoms with Crippen molar-refractivity contribution in [3.8, 4) is 0 Å². The van der Waals surface area contributed by atoms with Crippen LogP contribution in [0, 0.1) is 5.82 Å². The molecule has 0 bridgehead atoms. The Balaban J connectivity index is 2.13. The van der Waals surface area contributed by atoms with E-state index in [4.69, 9.17) is 23.2 Å². The van der Waals surface area contributed by atoms with E-state index in [1.165, 1.54) is 49.5 Å². The van der Waals surface area contributed by atoms with Crippen LogP contribution in [0.25, 0.3) is 0 Å². The number of halogens is 3. The summed E-state index contributed by atoms with van der Waals surface area (Å²) in [4.78, 5) is 11.8. The summed E-state index contributed by atoms with van der Waals surface area (Å²) in [5, 5.41) is 2.47. The van der Waals surface area contributed by atoms with Gasteiger partial charge in [-0.25, -0.2) is 12.8 Å². The van der Waals surface area contributed by atoms with Gasteiger partial charge in [-0.3, -0.25) is 4.79 Å². The molecule has 128 valence electrons. The van der Waals surface area contributed by atoms with Crippen LogP contribution >= 0.6 is 23.2 Å². The zero-order chi connectivity index (χ0) is 17.9. The van der Waals surface area contributed by atoms with Gasteiger partial charge in [-0.2, -0.15) is 4.31 Å². The van der Waals surface area contributed by atoms with Gasteiger partial charge in [-0.15, -0.1) is 0 Å². The number of benzene rings is 2. The SMILES string of the molecule is CN(CC(=O)Nc1ccc(F)cc1)S(=O)(=O)c1cccc(Cl)c1Cl. The first-order chi connectivity index (χ1) is 11.2. The Morgan fingerprint density at radius 3 is 2.42 bits per heavy atom. The molecule has 1 N–H and O–H groups in total. The van der Waals surface area contributed by atoms with Crippen molar-refractivity contribution in [2.45, 2.75) is 4.90 Å². The van der Waals surface area contributed by atoms with E-state index in [2.05, 4.69) is 5.32 Å². The number of likely N-dealkylation sites (N-methyl/N-ethyl adjacent to an activating group) is 1. The van der Waals surface area contributed by atoms with E-state index in [0.29, 0.717) is 5.69 Å². The minimum atomic E-state index is -3.99. The smallest absolute Gasteiger partial charge is 0.244 e. The van der Waals surface area contributed by atoms with Crippen molar-refractivity contribution < 1.29 is 17.6 Å². The molecule has 0 atom stereocenters. The quantitative estimate of drug-likeness (QED) is 0.850. The monoisotopic (exact) mass is 390 g/mol. The van der Waals surface area contributed by atoms with Gasteiger partial charge < -0.3 is 5.32 Å². The van der Waals surface area contributed by atoms with Crippen LogP contribution in [0.4, 0.5) is 10.1 Å². The number of nitrogens with one attached hydrogen (secondary N) is 1. The molecular weight excluding hydrogens is 378 g/mol. The standard InChI is InChI=1S/C15H13Cl2FN2O3S/c1-20(9-14(21)19-11-7-5-10(18)6-8-11)24(22,23)13-4-2-3-12(16)15(13)17/h2-8H,9H2,1H3,(H,19,21). The largest absolute Gasteiger partial charge is 0.325 e. The molecule has 0 aliphatic heterocycles. The minimum absolute atomic E-state index is 0.0990. The fourth-order valence-corrected chi connectivity index (χ4v) is 3.73. The van der Waals surface area contributed by atoms with Gasteiger partial charge in [0.2, 0.25) is 15.9 Å². The fourth-order valence-electron chi connectivity index (χ4n) is 1.87. The summed E-state index contributed by atoms with van der Waals surface area (Å²) in [5.41, 5.74) is 0.355. The summed E-state index contributed by atoms with van der Waals surface area (Å²) >= 11 is 11.8. The third-order valence-corrected chi connectivity index (χ3v) is 5.88. The van der Waals surface area contributed by atoms with Crippen molar-refractivity contribution in [2.24, 2.45) is 0 Å². The van der Waals surface area contributed by atoms with Crippen LogP contribution in [0.15, 0.2) is 47.4 Å². The Labute approximate surface area is 149 Å². The van der Waals surface area contributed by atoms with Crippen LogP contribution in [-0.4, -0.2) is 32.2 Å². The van der Waals surface area contributed by atoms with Gasteiger partial charge in [-0.05, 0) is 36.4 Å². The highest BCUT2D eigenvalue weighted by Gasteiger charge is 2.26. The molecular formula is C15H13Cl2FN2O3S. The van der Waals surface area contributed by atoms with E-state index in [0.717, 1.165) is 4.31 Å². The highest BCUT2D eigenvalue weighted by atomic mass is 35.5. The van der Waals surface area contributed by atoms with Crippen molar-refractivity contribution >= 4 is 44.8 Å².